The van der Waals surface area contributed by atoms with Crippen LogP contribution in [-0.2, 0) is 4.79 Å². The molecule has 2 heterocycles. The van der Waals surface area contributed by atoms with E-state index >= 15 is 0 Å². The van der Waals surface area contributed by atoms with Crippen LogP contribution in [0.3, 0.4) is 0 Å². The van der Waals surface area contributed by atoms with Gasteiger partial charge in [-0.1, -0.05) is 51.2 Å². The van der Waals surface area contributed by atoms with E-state index in [1.54, 1.807) is 11.0 Å². The molecule has 2 amide bonds. The number of hydrogen-bond donors (Lipinski definition) is 2. The molecular formula is C18H23N5O2S. The van der Waals surface area contributed by atoms with Gasteiger partial charge in [-0.25, -0.2) is 0 Å². The zero-order valence-electron chi connectivity index (χ0n) is 15.3. The van der Waals surface area contributed by atoms with Crippen molar-refractivity contribution in [2.45, 2.75) is 39.8 Å². The first kappa shape index (κ1) is 18.3. The fraction of sp³-hybridized carbons (Fsp3) is 0.444. The van der Waals surface area contributed by atoms with Gasteiger partial charge in [0.1, 0.15) is 17.7 Å². The predicted octanol–water partition coefficient (Wildman–Crippen LogP) is 3.15. The number of hydrogen-bond acceptors (Lipinski definition) is 6. The van der Waals surface area contributed by atoms with Gasteiger partial charge in [0.2, 0.25) is 11.0 Å². The number of carbonyl (C=O) groups is 2. The van der Waals surface area contributed by atoms with Gasteiger partial charge in [-0.3, -0.25) is 14.9 Å². The van der Waals surface area contributed by atoms with Crippen LogP contribution in [0.4, 0.5) is 10.8 Å². The van der Waals surface area contributed by atoms with E-state index in [2.05, 4.69) is 20.8 Å². The van der Waals surface area contributed by atoms with E-state index in [-0.39, 0.29) is 36.4 Å². The average molecular weight is 373 g/mol. The highest BCUT2D eigenvalue weighted by atomic mass is 32.1. The van der Waals surface area contributed by atoms with E-state index in [1.165, 1.54) is 11.3 Å². The third kappa shape index (κ3) is 3.70. The molecule has 0 aliphatic carbocycles. The molecule has 0 spiro atoms. The summed E-state index contributed by atoms with van der Waals surface area (Å²) >= 11 is 1.35. The summed E-state index contributed by atoms with van der Waals surface area (Å²) in [6.45, 7) is 8.04. The standard InChI is InChI=1S/C18H23N5O2S/c1-10(2)15-19-13-8-6-5-7-12(13)17(25)23(15)9-14(24)20-18-22-21-16(26-18)11(3)4/h5-8,10-11,15,19H,9H2,1-4H3,(H,20,22,24)/t15-/m1/s1. The Labute approximate surface area is 156 Å². The smallest absolute Gasteiger partial charge is 0.258 e. The maximum absolute atomic E-state index is 12.9. The lowest BCUT2D eigenvalue weighted by Gasteiger charge is -2.39. The van der Waals surface area contributed by atoms with Gasteiger partial charge in [0.05, 0.1) is 5.56 Å². The number of amides is 2. The third-order valence-electron chi connectivity index (χ3n) is 4.18. The fourth-order valence-corrected chi connectivity index (χ4v) is 3.60. The van der Waals surface area contributed by atoms with Crippen molar-refractivity contribution in [1.29, 1.82) is 0 Å². The van der Waals surface area contributed by atoms with Crippen LogP contribution < -0.4 is 10.6 Å². The third-order valence-corrected chi connectivity index (χ3v) is 5.32. The Morgan fingerprint density at radius 1 is 1.27 bits per heavy atom. The summed E-state index contributed by atoms with van der Waals surface area (Å²) in [4.78, 5) is 27.0. The number of aromatic nitrogens is 2. The van der Waals surface area contributed by atoms with Gasteiger partial charge in [0.25, 0.3) is 5.91 Å². The lowest BCUT2D eigenvalue weighted by molar-refractivity contribution is -0.117. The Balaban J connectivity index is 1.75. The molecule has 1 aromatic carbocycles. The summed E-state index contributed by atoms with van der Waals surface area (Å²) in [5, 5.41) is 15.5. The molecule has 1 atom stereocenters. The zero-order valence-corrected chi connectivity index (χ0v) is 16.1. The van der Waals surface area contributed by atoms with Crippen LogP contribution in [0.15, 0.2) is 24.3 Å². The Kier molecular flexibility index (Phi) is 5.22. The molecule has 2 aromatic rings. The minimum atomic E-state index is -0.281. The minimum Gasteiger partial charge on any atom is -0.364 e. The Bertz CT molecular complexity index is 817. The average Bonchev–Trinajstić information content (AvgIpc) is 3.05. The number of rotatable bonds is 5. The first-order chi connectivity index (χ1) is 12.4. The van der Waals surface area contributed by atoms with Gasteiger partial charge in [0, 0.05) is 11.6 Å². The first-order valence-electron chi connectivity index (χ1n) is 8.66. The molecule has 0 radical (unpaired) electrons. The largest absolute Gasteiger partial charge is 0.364 e. The van der Waals surface area contributed by atoms with Crippen molar-refractivity contribution < 1.29 is 9.59 Å². The number of nitrogens with one attached hydrogen (secondary N) is 2. The van der Waals surface area contributed by atoms with Crippen molar-refractivity contribution in [2.75, 3.05) is 17.2 Å². The van der Waals surface area contributed by atoms with Crippen molar-refractivity contribution in [3.05, 3.63) is 34.8 Å². The molecule has 1 aliphatic rings. The lowest BCUT2D eigenvalue weighted by Crippen LogP contribution is -2.53. The Hall–Kier alpha value is -2.48. The van der Waals surface area contributed by atoms with Crippen LogP contribution >= 0.6 is 11.3 Å². The summed E-state index contributed by atoms with van der Waals surface area (Å²) in [5.74, 6) is -0.0213. The summed E-state index contributed by atoms with van der Waals surface area (Å²) in [5.41, 5.74) is 1.38. The molecule has 0 saturated carbocycles. The number of para-hydroxylation sites is 1. The van der Waals surface area contributed by atoms with Gasteiger partial charge in [-0.15, -0.1) is 10.2 Å². The summed E-state index contributed by atoms with van der Waals surface area (Å²) < 4.78 is 0. The highest BCUT2D eigenvalue weighted by Gasteiger charge is 2.34. The monoisotopic (exact) mass is 373 g/mol. The number of anilines is 2. The number of fused-ring (bicyclic) bond motifs is 1. The lowest BCUT2D eigenvalue weighted by atomic mass is 10.0. The van der Waals surface area contributed by atoms with E-state index in [4.69, 9.17) is 0 Å². The second-order valence-corrected chi connectivity index (χ2v) is 7.97. The topological polar surface area (TPSA) is 87.2 Å². The van der Waals surface area contributed by atoms with E-state index in [9.17, 15) is 9.59 Å². The molecule has 0 bridgehead atoms. The molecule has 0 fully saturated rings. The summed E-state index contributed by atoms with van der Waals surface area (Å²) in [6.07, 6.45) is -0.246. The van der Waals surface area contributed by atoms with Crippen LogP contribution in [0, 0.1) is 5.92 Å². The van der Waals surface area contributed by atoms with Crippen molar-refractivity contribution in [3.8, 4) is 0 Å². The van der Waals surface area contributed by atoms with E-state index < -0.39 is 0 Å². The summed E-state index contributed by atoms with van der Waals surface area (Å²) in [6, 6.07) is 7.36. The van der Waals surface area contributed by atoms with Crippen LogP contribution in [-0.4, -0.2) is 39.6 Å². The molecule has 1 aliphatic heterocycles. The minimum absolute atomic E-state index is 0.0421. The summed E-state index contributed by atoms with van der Waals surface area (Å²) in [7, 11) is 0. The fourth-order valence-electron chi connectivity index (χ4n) is 2.84. The van der Waals surface area contributed by atoms with Crippen LogP contribution in [0.2, 0.25) is 0 Å². The maximum atomic E-state index is 12.9. The van der Waals surface area contributed by atoms with Crippen molar-refractivity contribution in [1.82, 2.24) is 15.1 Å². The van der Waals surface area contributed by atoms with Gasteiger partial charge in [0.15, 0.2) is 0 Å². The van der Waals surface area contributed by atoms with Crippen LogP contribution in [0.1, 0.15) is 49.0 Å². The molecule has 0 saturated heterocycles. The molecule has 3 rings (SSSR count). The van der Waals surface area contributed by atoms with Gasteiger partial charge < -0.3 is 10.2 Å². The second kappa shape index (κ2) is 7.41. The Morgan fingerprint density at radius 3 is 2.65 bits per heavy atom. The number of nitrogens with zero attached hydrogens (tertiary/aromatic N) is 3. The highest BCUT2D eigenvalue weighted by Crippen LogP contribution is 2.28. The highest BCUT2D eigenvalue weighted by molar-refractivity contribution is 7.15. The zero-order chi connectivity index (χ0) is 18.8. The van der Waals surface area contributed by atoms with Crippen LogP contribution in [0.5, 0.6) is 0 Å². The molecule has 8 heteroatoms. The molecule has 1 aromatic heterocycles. The maximum Gasteiger partial charge on any atom is 0.258 e. The van der Waals surface area contributed by atoms with E-state index in [0.717, 1.165) is 10.7 Å². The van der Waals surface area contributed by atoms with Crippen LogP contribution in [0.25, 0.3) is 0 Å². The second-order valence-electron chi connectivity index (χ2n) is 6.96. The molecule has 138 valence electrons. The quantitative estimate of drug-likeness (QED) is 0.841. The van der Waals surface area contributed by atoms with Crippen molar-refractivity contribution >= 4 is 34.0 Å². The number of carbonyl (C=O) groups excluding carboxylic acids is 2. The Morgan fingerprint density at radius 2 is 2.00 bits per heavy atom. The van der Waals surface area contributed by atoms with E-state index in [0.29, 0.717) is 10.7 Å². The van der Waals surface area contributed by atoms with Gasteiger partial charge in [-0.2, -0.15) is 0 Å². The normalized spacial score (nSPS) is 16.6. The van der Waals surface area contributed by atoms with Crippen molar-refractivity contribution in [3.63, 3.8) is 0 Å². The molecule has 7 nitrogen and oxygen atoms in total. The number of benzene rings is 1. The molecule has 26 heavy (non-hydrogen) atoms. The molecular weight excluding hydrogens is 350 g/mol. The van der Waals surface area contributed by atoms with Gasteiger partial charge >= 0.3 is 0 Å². The van der Waals surface area contributed by atoms with Gasteiger partial charge in [-0.05, 0) is 18.1 Å². The molecule has 2 N–H and O–H groups in total. The predicted molar refractivity (Wildman–Crippen MR) is 102 cm³/mol. The van der Waals surface area contributed by atoms with E-state index in [1.807, 2.05) is 45.9 Å². The van der Waals surface area contributed by atoms with Crippen molar-refractivity contribution in [2.24, 2.45) is 5.92 Å². The molecule has 0 unspecified atom stereocenters. The SMILES string of the molecule is CC(C)c1nnc(NC(=O)CN2C(=O)c3ccccc3N[C@H]2C(C)C)s1. The first-order valence-corrected chi connectivity index (χ1v) is 9.48.